The highest BCUT2D eigenvalue weighted by molar-refractivity contribution is 5.99. The van der Waals surface area contributed by atoms with E-state index in [1.807, 2.05) is 13.8 Å². The molecule has 108 valence electrons. The van der Waals surface area contributed by atoms with Crippen molar-refractivity contribution in [2.24, 2.45) is 0 Å². The van der Waals surface area contributed by atoms with Gasteiger partial charge in [-0.05, 0) is 32.3 Å². The first-order valence-corrected chi connectivity index (χ1v) is 6.86. The second kappa shape index (κ2) is 4.80. The Labute approximate surface area is 121 Å². The number of nitro groups is 1. The number of Topliss-reactive ketones (excluding diaryl/α,β-unsaturated/α-hetero) is 1. The van der Waals surface area contributed by atoms with Crippen LogP contribution in [0.1, 0.15) is 40.2 Å². The molecule has 1 aliphatic rings. The molecule has 0 saturated carbocycles. The highest BCUT2D eigenvalue weighted by Crippen LogP contribution is 2.29. The maximum Gasteiger partial charge on any atom is 0.271 e. The van der Waals surface area contributed by atoms with E-state index in [0.29, 0.717) is 23.4 Å². The third-order valence-corrected chi connectivity index (χ3v) is 3.88. The molecule has 1 aromatic heterocycles. The molecule has 0 aliphatic heterocycles. The molecule has 2 aromatic rings. The fourth-order valence-electron chi connectivity index (χ4n) is 2.85. The molecule has 0 bridgehead atoms. The van der Waals surface area contributed by atoms with Gasteiger partial charge >= 0.3 is 0 Å². The smallest absolute Gasteiger partial charge is 0.271 e. The zero-order chi connectivity index (χ0) is 15.1. The minimum atomic E-state index is -0.420. The maximum absolute atomic E-state index is 12.0. The molecule has 0 N–H and O–H groups in total. The Morgan fingerprint density at radius 2 is 2.05 bits per heavy atom. The van der Waals surface area contributed by atoms with E-state index in [9.17, 15) is 14.9 Å². The van der Waals surface area contributed by atoms with Gasteiger partial charge in [-0.1, -0.05) is 6.07 Å². The first kappa shape index (κ1) is 13.5. The second-order valence-electron chi connectivity index (χ2n) is 5.32. The molecular weight excluding hydrogens is 270 g/mol. The van der Waals surface area contributed by atoms with E-state index in [4.69, 9.17) is 0 Å². The number of fused-ring (bicyclic) bond motifs is 1. The zero-order valence-electron chi connectivity index (χ0n) is 11.9. The van der Waals surface area contributed by atoms with Gasteiger partial charge in [-0.3, -0.25) is 14.9 Å². The highest BCUT2D eigenvalue weighted by Gasteiger charge is 2.26. The van der Waals surface area contributed by atoms with Crippen LogP contribution < -0.4 is 0 Å². The first-order chi connectivity index (χ1) is 9.99. The van der Waals surface area contributed by atoms with Crippen LogP contribution in [0.15, 0.2) is 18.2 Å². The molecule has 0 amide bonds. The molecule has 6 heteroatoms. The summed E-state index contributed by atoms with van der Waals surface area (Å²) in [5.41, 5.74) is 3.84. The molecule has 0 saturated heterocycles. The molecule has 21 heavy (non-hydrogen) atoms. The van der Waals surface area contributed by atoms with Gasteiger partial charge in [0.1, 0.15) is 0 Å². The van der Waals surface area contributed by atoms with E-state index in [0.717, 1.165) is 24.1 Å². The number of ketones is 1. The fourth-order valence-corrected chi connectivity index (χ4v) is 2.85. The average Bonchev–Trinajstić information content (AvgIpc) is 2.77. The number of hydrogen-bond donors (Lipinski definition) is 0. The summed E-state index contributed by atoms with van der Waals surface area (Å²) in [4.78, 5) is 22.6. The van der Waals surface area contributed by atoms with Crippen molar-refractivity contribution in [3.05, 3.63) is 50.8 Å². The third-order valence-electron chi connectivity index (χ3n) is 3.88. The van der Waals surface area contributed by atoms with Gasteiger partial charge in [0.05, 0.1) is 27.6 Å². The van der Waals surface area contributed by atoms with Gasteiger partial charge in [-0.25, -0.2) is 4.68 Å². The van der Waals surface area contributed by atoms with Crippen molar-refractivity contribution in [1.29, 1.82) is 0 Å². The standard InChI is InChI=1S/C15H15N3O3/c1-9-6-7-11(18(20)21)8-13(9)17-12-4-3-5-14(19)15(12)10(2)16-17/h6-8H,3-5H2,1-2H3. The topological polar surface area (TPSA) is 78.0 Å². The molecule has 1 aliphatic carbocycles. The van der Waals surface area contributed by atoms with Crippen LogP contribution in [0, 0.1) is 24.0 Å². The summed E-state index contributed by atoms with van der Waals surface area (Å²) in [6.45, 7) is 3.69. The van der Waals surface area contributed by atoms with Crippen LogP contribution >= 0.6 is 0 Å². The minimum Gasteiger partial charge on any atom is -0.294 e. The van der Waals surface area contributed by atoms with Gasteiger partial charge in [-0.15, -0.1) is 0 Å². The maximum atomic E-state index is 12.0. The number of aromatic nitrogens is 2. The lowest BCUT2D eigenvalue weighted by atomic mass is 9.94. The Hall–Kier alpha value is -2.50. The quantitative estimate of drug-likeness (QED) is 0.627. The molecule has 1 heterocycles. The number of nitro benzene ring substituents is 1. The lowest BCUT2D eigenvalue weighted by molar-refractivity contribution is -0.384. The molecule has 6 nitrogen and oxygen atoms in total. The lowest BCUT2D eigenvalue weighted by Gasteiger charge is -2.14. The van der Waals surface area contributed by atoms with Crippen molar-refractivity contribution in [2.75, 3.05) is 0 Å². The summed E-state index contributed by atoms with van der Waals surface area (Å²) in [5, 5.41) is 15.4. The van der Waals surface area contributed by atoms with Gasteiger partial charge in [0.2, 0.25) is 0 Å². The molecule has 1 aromatic carbocycles. The van der Waals surface area contributed by atoms with Gasteiger partial charge in [0.25, 0.3) is 5.69 Å². The van der Waals surface area contributed by atoms with Crippen LogP contribution in [-0.2, 0) is 6.42 Å². The van der Waals surface area contributed by atoms with Crippen LogP contribution in [0.4, 0.5) is 5.69 Å². The van der Waals surface area contributed by atoms with E-state index < -0.39 is 4.92 Å². The molecule has 0 fully saturated rings. The van der Waals surface area contributed by atoms with Crippen LogP contribution in [0.3, 0.4) is 0 Å². The number of benzene rings is 1. The zero-order valence-corrected chi connectivity index (χ0v) is 11.9. The number of nitrogens with zero attached hydrogens (tertiary/aromatic N) is 3. The third kappa shape index (κ3) is 2.12. The summed E-state index contributed by atoms with van der Waals surface area (Å²) in [7, 11) is 0. The SMILES string of the molecule is Cc1ccc([N+](=O)[O-])cc1-n1nc(C)c2c1CCCC2=O. The molecule has 3 rings (SSSR count). The van der Waals surface area contributed by atoms with Gasteiger partial charge in [0, 0.05) is 18.6 Å². The largest absolute Gasteiger partial charge is 0.294 e. The summed E-state index contributed by atoms with van der Waals surface area (Å²) >= 11 is 0. The summed E-state index contributed by atoms with van der Waals surface area (Å²) in [6, 6.07) is 4.70. The normalized spacial score (nSPS) is 14.1. The van der Waals surface area contributed by atoms with Gasteiger partial charge in [-0.2, -0.15) is 5.10 Å². The van der Waals surface area contributed by atoms with E-state index in [-0.39, 0.29) is 11.5 Å². The summed E-state index contributed by atoms with van der Waals surface area (Å²) in [6.07, 6.45) is 2.11. The number of carbonyl (C=O) groups excluding carboxylic acids is 1. The predicted molar refractivity (Wildman–Crippen MR) is 77.0 cm³/mol. The summed E-state index contributed by atoms with van der Waals surface area (Å²) < 4.78 is 1.70. The van der Waals surface area contributed by atoms with E-state index >= 15 is 0 Å². The minimum absolute atomic E-state index is 0.0274. The highest BCUT2D eigenvalue weighted by atomic mass is 16.6. The fraction of sp³-hybridized carbons (Fsp3) is 0.333. The molecular formula is C15H15N3O3. The average molecular weight is 285 g/mol. The van der Waals surface area contributed by atoms with Crippen molar-refractivity contribution in [2.45, 2.75) is 33.1 Å². The van der Waals surface area contributed by atoms with Crippen LogP contribution in [-0.4, -0.2) is 20.5 Å². The molecule has 0 radical (unpaired) electrons. The van der Waals surface area contributed by atoms with Crippen LogP contribution in [0.5, 0.6) is 0 Å². The monoisotopic (exact) mass is 285 g/mol. The Bertz CT molecular complexity index is 762. The van der Waals surface area contributed by atoms with Crippen LogP contribution in [0.25, 0.3) is 5.69 Å². The van der Waals surface area contributed by atoms with Crippen molar-refractivity contribution in [3.8, 4) is 5.69 Å². The van der Waals surface area contributed by atoms with E-state index in [2.05, 4.69) is 5.10 Å². The Balaban J connectivity index is 2.22. The number of non-ortho nitro benzene ring substituents is 1. The Morgan fingerprint density at radius 1 is 1.29 bits per heavy atom. The summed E-state index contributed by atoms with van der Waals surface area (Å²) in [5.74, 6) is 0.114. The van der Waals surface area contributed by atoms with E-state index in [1.165, 1.54) is 12.1 Å². The van der Waals surface area contributed by atoms with Crippen molar-refractivity contribution >= 4 is 11.5 Å². The van der Waals surface area contributed by atoms with Crippen molar-refractivity contribution in [3.63, 3.8) is 0 Å². The first-order valence-electron chi connectivity index (χ1n) is 6.86. The van der Waals surface area contributed by atoms with Crippen molar-refractivity contribution < 1.29 is 9.72 Å². The number of carbonyl (C=O) groups is 1. The van der Waals surface area contributed by atoms with Crippen LogP contribution in [0.2, 0.25) is 0 Å². The Kier molecular flexibility index (Phi) is 3.08. The van der Waals surface area contributed by atoms with Gasteiger partial charge in [0.15, 0.2) is 5.78 Å². The molecule has 0 atom stereocenters. The number of aryl methyl sites for hydroxylation is 2. The number of hydrogen-bond acceptors (Lipinski definition) is 4. The van der Waals surface area contributed by atoms with E-state index in [1.54, 1.807) is 10.7 Å². The van der Waals surface area contributed by atoms with Gasteiger partial charge < -0.3 is 0 Å². The van der Waals surface area contributed by atoms with Crippen molar-refractivity contribution in [1.82, 2.24) is 9.78 Å². The molecule has 0 spiro atoms. The second-order valence-corrected chi connectivity index (χ2v) is 5.32. The number of rotatable bonds is 2. The predicted octanol–water partition coefficient (Wildman–Crippen LogP) is 2.92. The Morgan fingerprint density at radius 3 is 2.76 bits per heavy atom. The lowest BCUT2D eigenvalue weighted by Crippen LogP contribution is -2.13. The molecule has 0 unspecified atom stereocenters.